The molecule has 1 saturated heterocycles. The Morgan fingerprint density at radius 1 is 1.36 bits per heavy atom. The Hall–Kier alpha value is -1.26. The number of likely N-dealkylation sites (tertiary alicyclic amines) is 1. The molecule has 1 amide bonds. The molecule has 22 heavy (non-hydrogen) atoms. The lowest BCUT2D eigenvalue weighted by molar-refractivity contribution is -0.136. The smallest absolute Gasteiger partial charge is 0.263 e. The van der Waals surface area contributed by atoms with Crippen molar-refractivity contribution >= 4 is 18.3 Å². The molecule has 1 aliphatic rings. The first-order valence-electron chi connectivity index (χ1n) is 7.70. The number of aryl methyl sites for hydroxylation is 1. The van der Waals surface area contributed by atoms with Gasteiger partial charge in [0.25, 0.3) is 5.91 Å². The molecule has 0 radical (unpaired) electrons. The molecule has 2 rings (SSSR count). The van der Waals surface area contributed by atoms with Gasteiger partial charge in [0.05, 0.1) is 0 Å². The number of hydrogen-bond acceptors (Lipinski definition) is 3. The summed E-state index contributed by atoms with van der Waals surface area (Å²) in [6, 6.07) is 6.27. The summed E-state index contributed by atoms with van der Waals surface area (Å²) in [6.45, 7) is 9.48. The quantitative estimate of drug-likeness (QED) is 0.925. The first-order chi connectivity index (χ1) is 9.88. The van der Waals surface area contributed by atoms with Crippen LogP contribution in [0.25, 0.3) is 0 Å². The first-order valence-corrected chi connectivity index (χ1v) is 7.70. The molecule has 0 aromatic heterocycles. The van der Waals surface area contributed by atoms with E-state index in [1.54, 1.807) is 4.90 Å². The van der Waals surface area contributed by atoms with Gasteiger partial charge >= 0.3 is 0 Å². The number of carbonyl (C=O) groups is 1. The van der Waals surface area contributed by atoms with Crippen molar-refractivity contribution in [3.05, 3.63) is 29.3 Å². The number of hydrogen-bond donors (Lipinski definition) is 1. The van der Waals surface area contributed by atoms with Crippen LogP contribution in [-0.2, 0) is 4.79 Å². The monoisotopic (exact) mass is 326 g/mol. The van der Waals surface area contributed by atoms with Crippen molar-refractivity contribution in [2.24, 2.45) is 5.73 Å². The molecule has 2 N–H and O–H groups in total. The Morgan fingerprint density at radius 2 is 2.05 bits per heavy atom. The van der Waals surface area contributed by atoms with Gasteiger partial charge in [0, 0.05) is 19.1 Å². The maximum Gasteiger partial charge on any atom is 0.263 e. The van der Waals surface area contributed by atoms with Crippen LogP contribution in [0, 0.1) is 6.92 Å². The molecular weight excluding hydrogens is 300 g/mol. The zero-order valence-corrected chi connectivity index (χ0v) is 14.7. The summed E-state index contributed by atoms with van der Waals surface area (Å²) < 4.78 is 5.97. The maximum atomic E-state index is 12.4. The van der Waals surface area contributed by atoms with E-state index in [4.69, 9.17) is 10.5 Å². The number of amides is 1. The Labute approximate surface area is 139 Å². The summed E-state index contributed by atoms with van der Waals surface area (Å²) in [4.78, 5) is 14.2. The van der Waals surface area contributed by atoms with Crippen LogP contribution in [0.5, 0.6) is 5.75 Å². The van der Waals surface area contributed by atoms with E-state index in [0.29, 0.717) is 12.5 Å². The van der Waals surface area contributed by atoms with E-state index in [0.717, 1.165) is 29.8 Å². The summed E-state index contributed by atoms with van der Waals surface area (Å²) in [5.74, 6) is 1.21. The molecule has 0 saturated carbocycles. The summed E-state index contributed by atoms with van der Waals surface area (Å²) in [5.41, 5.74) is 8.14. The largest absolute Gasteiger partial charge is 0.481 e. The molecule has 0 spiro atoms. The van der Waals surface area contributed by atoms with E-state index in [1.165, 1.54) is 0 Å². The van der Waals surface area contributed by atoms with Crippen LogP contribution in [-0.4, -0.2) is 36.0 Å². The average molecular weight is 327 g/mol. The van der Waals surface area contributed by atoms with Gasteiger partial charge in [0.15, 0.2) is 6.10 Å². The van der Waals surface area contributed by atoms with E-state index < -0.39 is 6.10 Å². The van der Waals surface area contributed by atoms with Crippen LogP contribution < -0.4 is 10.5 Å². The Kier molecular flexibility index (Phi) is 6.69. The molecule has 1 aromatic carbocycles. The molecule has 4 nitrogen and oxygen atoms in total. The Morgan fingerprint density at radius 3 is 2.59 bits per heavy atom. The average Bonchev–Trinajstić information content (AvgIpc) is 2.84. The van der Waals surface area contributed by atoms with Crippen molar-refractivity contribution in [1.29, 1.82) is 0 Å². The van der Waals surface area contributed by atoms with Gasteiger partial charge in [-0.05, 0) is 43.4 Å². The van der Waals surface area contributed by atoms with Gasteiger partial charge in [-0.1, -0.05) is 26.0 Å². The highest BCUT2D eigenvalue weighted by Crippen LogP contribution is 2.28. The van der Waals surface area contributed by atoms with E-state index in [-0.39, 0.29) is 24.4 Å². The predicted octanol–water partition coefficient (Wildman–Crippen LogP) is 2.87. The van der Waals surface area contributed by atoms with Crippen LogP contribution in [0.3, 0.4) is 0 Å². The van der Waals surface area contributed by atoms with Crippen LogP contribution in [0.1, 0.15) is 44.2 Å². The first kappa shape index (κ1) is 18.8. The summed E-state index contributed by atoms with van der Waals surface area (Å²) >= 11 is 0. The minimum Gasteiger partial charge on any atom is -0.481 e. The van der Waals surface area contributed by atoms with E-state index in [2.05, 4.69) is 26.0 Å². The van der Waals surface area contributed by atoms with Crippen LogP contribution in [0.15, 0.2) is 18.2 Å². The van der Waals surface area contributed by atoms with Crippen LogP contribution in [0.2, 0.25) is 0 Å². The number of carbonyl (C=O) groups excluding carboxylic acids is 1. The molecule has 2 atom stereocenters. The van der Waals surface area contributed by atoms with Gasteiger partial charge in [-0.3, -0.25) is 4.79 Å². The lowest BCUT2D eigenvalue weighted by atomic mass is 10.0. The SMILES string of the molecule is Cc1ccc(C(C)C)c(OC(C)C(=O)N2CCC(N)C2)c1.Cl. The molecule has 2 unspecified atom stereocenters. The predicted molar refractivity (Wildman–Crippen MR) is 91.8 cm³/mol. The van der Waals surface area contributed by atoms with Crippen molar-refractivity contribution in [3.8, 4) is 5.75 Å². The van der Waals surface area contributed by atoms with Crippen LogP contribution in [0.4, 0.5) is 0 Å². The highest BCUT2D eigenvalue weighted by atomic mass is 35.5. The fraction of sp³-hybridized carbons (Fsp3) is 0.588. The van der Waals surface area contributed by atoms with Gasteiger partial charge in [0.1, 0.15) is 5.75 Å². The minimum absolute atomic E-state index is 0. The number of rotatable bonds is 4. The summed E-state index contributed by atoms with van der Waals surface area (Å²) in [6.07, 6.45) is 0.398. The normalized spacial score (nSPS) is 19.0. The Bertz CT molecular complexity index is 519. The zero-order chi connectivity index (χ0) is 15.6. The number of nitrogens with two attached hydrogens (primary N) is 1. The third kappa shape index (κ3) is 4.37. The number of halogens is 1. The van der Waals surface area contributed by atoms with E-state index in [1.807, 2.05) is 19.9 Å². The molecule has 0 bridgehead atoms. The lowest BCUT2D eigenvalue weighted by Crippen LogP contribution is -2.40. The fourth-order valence-electron chi connectivity index (χ4n) is 2.71. The fourth-order valence-corrected chi connectivity index (χ4v) is 2.71. The molecule has 5 heteroatoms. The van der Waals surface area contributed by atoms with Gasteiger partial charge in [-0.15, -0.1) is 12.4 Å². The molecule has 1 aromatic rings. The number of nitrogens with zero attached hydrogens (tertiary/aromatic N) is 1. The number of ether oxygens (including phenoxy) is 1. The van der Waals surface area contributed by atoms with Crippen molar-refractivity contribution in [3.63, 3.8) is 0 Å². The second-order valence-corrected chi connectivity index (χ2v) is 6.29. The Balaban J connectivity index is 0.00000242. The van der Waals surface area contributed by atoms with Gasteiger partial charge < -0.3 is 15.4 Å². The lowest BCUT2D eigenvalue weighted by Gasteiger charge is -2.23. The third-order valence-corrected chi connectivity index (χ3v) is 3.98. The van der Waals surface area contributed by atoms with Gasteiger partial charge in [-0.2, -0.15) is 0 Å². The second kappa shape index (κ2) is 7.84. The van der Waals surface area contributed by atoms with Crippen LogP contribution >= 0.6 is 12.4 Å². The number of benzene rings is 1. The molecule has 0 aliphatic carbocycles. The topological polar surface area (TPSA) is 55.6 Å². The molecule has 1 fully saturated rings. The highest BCUT2D eigenvalue weighted by molar-refractivity contribution is 5.85. The van der Waals surface area contributed by atoms with Crippen molar-refractivity contribution in [1.82, 2.24) is 4.90 Å². The van der Waals surface area contributed by atoms with Gasteiger partial charge in [0.2, 0.25) is 0 Å². The molecule has 1 heterocycles. The van der Waals surface area contributed by atoms with Crippen molar-refractivity contribution < 1.29 is 9.53 Å². The summed E-state index contributed by atoms with van der Waals surface area (Å²) in [7, 11) is 0. The summed E-state index contributed by atoms with van der Waals surface area (Å²) in [5, 5.41) is 0. The van der Waals surface area contributed by atoms with Crippen molar-refractivity contribution in [2.45, 2.75) is 52.2 Å². The standard InChI is InChI=1S/C17H26N2O2.ClH/c1-11(2)15-6-5-12(3)9-16(15)21-13(4)17(20)19-8-7-14(18)10-19;/h5-6,9,11,13-14H,7-8,10,18H2,1-4H3;1H. The maximum absolute atomic E-state index is 12.4. The van der Waals surface area contributed by atoms with Crippen molar-refractivity contribution in [2.75, 3.05) is 13.1 Å². The molecule has 124 valence electrons. The minimum atomic E-state index is -0.477. The second-order valence-electron chi connectivity index (χ2n) is 6.29. The third-order valence-electron chi connectivity index (χ3n) is 3.98. The zero-order valence-electron chi connectivity index (χ0n) is 13.8. The van der Waals surface area contributed by atoms with E-state index in [9.17, 15) is 4.79 Å². The highest BCUT2D eigenvalue weighted by Gasteiger charge is 2.28. The molecular formula is C17H27ClN2O2. The molecule has 1 aliphatic heterocycles. The van der Waals surface area contributed by atoms with E-state index >= 15 is 0 Å². The van der Waals surface area contributed by atoms with Gasteiger partial charge in [-0.25, -0.2) is 0 Å².